The van der Waals surface area contributed by atoms with Gasteiger partial charge in [-0.3, -0.25) is 14.3 Å². The number of aromatic amines is 1. The summed E-state index contributed by atoms with van der Waals surface area (Å²) in [6.07, 6.45) is 4.14. The van der Waals surface area contributed by atoms with E-state index in [1.165, 1.54) is 4.57 Å². The zero-order valence-corrected chi connectivity index (χ0v) is 11.5. The lowest BCUT2D eigenvalue weighted by atomic mass is 10.1. The maximum atomic E-state index is 11.9. The fraction of sp³-hybridized carbons (Fsp3) is 0.692. The fourth-order valence-corrected chi connectivity index (χ4v) is 2.72. The molecule has 0 aliphatic heterocycles. The zero-order chi connectivity index (χ0) is 14.0. The van der Waals surface area contributed by atoms with Gasteiger partial charge in [0, 0.05) is 12.6 Å². The molecule has 2 unspecified atom stereocenters. The summed E-state index contributed by atoms with van der Waals surface area (Å²) < 4.78 is 1.42. The van der Waals surface area contributed by atoms with Crippen molar-refractivity contribution in [3.05, 3.63) is 20.8 Å². The van der Waals surface area contributed by atoms with E-state index in [4.69, 9.17) is 5.73 Å². The van der Waals surface area contributed by atoms with Crippen LogP contribution in [0, 0.1) is 5.92 Å². The van der Waals surface area contributed by atoms with Crippen LogP contribution in [0.25, 0.3) is 0 Å². The van der Waals surface area contributed by atoms with Gasteiger partial charge in [0.1, 0.15) is 11.5 Å². The van der Waals surface area contributed by atoms with Crippen molar-refractivity contribution in [3.8, 4) is 0 Å². The Hall–Kier alpha value is -1.72. The summed E-state index contributed by atoms with van der Waals surface area (Å²) in [6.45, 7) is 4.64. The molecule has 0 aromatic carbocycles. The summed E-state index contributed by atoms with van der Waals surface area (Å²) >= 11 is 0. The lowest BCUT2D eigenvalue weighted by Gasteiger charge is -2.20. The van der Waals surface area contributed by atoms with E-state index in [9.17, 15) is 9.59 Å². The molecule has 0 amide bonds. The SMILES string of the molecule is CCCn1c(N)c(NC2CCCC2C)c(=O)[nH]c1=O. The standard InChI is InChI=1S/C13H22N4O2/c1-3-7-17-11(14)10(12(18)16-13(17)19)15-9-6-4-5-8(9)2/h8-9,15H,3-7,14H2,1-2H3,(H,16,18,19). The van der Waals surface area contributed by atoms with Crippen LogP contribution in [0.2, 0.25) is 0 Å². The lowest BCUT2D eigenvalue weighted by molar-refractivity contribution is 0.554. The highest BCUT2D eigenvalue weighted by molar-refractivity contribution is 5.61. The fourth-order valence-electron chi connectivity index (χ4n) is 2.72. The van der Waals surface area contributed by atoms with Gasteiger partial charge in [0.25, 0.3) is 5.56 Å². The molecule has 1 aromatic rings. The molecular formula is C13H22N4O2. The molecule has 1 fully saturated rings. The third-order valence-electron chi connectivity index (χ3n) is 3.88. The highest BCUT2D eigenvalue weighted by atomic mass is 16.2. The predicted molar refractivity (Wildman–Crippen MR) is 76.5 cm³/mol. The normalized spacial score (nSPS) is 22.6. The summed E-state index contributed by atoms with van der Waals surface area (Å²) in [5.74, 6) is 0.764. The summed E-state index contributed by atoms with van der Waals surface area (Å²) in [5.41, 5.74) is 5.46. The first-order chi connectivity index (χ1) is 9.04. The van der Waals surface area contributed by atoms with E-state index >= 15 is 0 Å². The van der Waals surface area contributed by atoms with Crippen molar-refractivity contribution in [1.29, 1.82) is 0 Å². The van der Waals surface area contributed by atoms with Crippen molar-refractivity contribution in [2.45, 2.75) is 52.1 Å². The molecule has 2 atom stereocenters. The maximum Gasteiger partial charge on any atom is 0.330 e. The number of rotatable bonds is 4. The molecule has 0 radical (unpaired) electrons. The summed E-state index contributed by atoms with van der Waals surface area (Å²) in [4.78, 5) is 25.9. The Morgan fingerprint density at radius 2 is 2.16 bits per heavy atom. The van der Waals surface area contributed by atoms with Gasteiger partial charge in [-0.1, -0.05) is 20.3 Å². The molecule has 1 saturated carbocycles. The summed E-state index contributed by atoms with van der Waals surface area (Å²) in [5, 5.41) is 3.22. The van der Waals surface area contributed by atoms with Crippen LogP contribution in [0.1, 0.15) is 39.5 Å². The number of aromatic nitrogens is 2. The minimum absolute atomic E-state index is 0.245. The molecule has 1 aliphatic carbocycles. The second kappa shape index (κ2) is 5.50. The average molecular weight is 266 g/mol. The number of hydrogen-bond donors (Lipinski definition) is 3. The Labute approximate surface area is 112 Å². The first-order valence-electron chi connectivity index (χ1n) is 6.93. The van der Waals surface area contributed by atoms with Gasteiger partial charge in [-0.25, -0.2) is 4.79 Å². The average Bonchev–Trinajstić information content (AvgIpc) is 2.76. The van der Waals surface area contributed by atoms with Crippen molar-refractivity contribution in [3.63, 3.8) is 0 Å². The van der Waals surface area contributed by atoms with Crippen LogP contribution in [0.15, 0.2) is 9.59 Å². The predicted octanol–water partition coefficient (Wildman–Crippen LogP) is 1.13. The Bertz CT molecular complexity index is 561. The van der Waals surface area contributed by atoms with Crippen molar-refractivity contribution in [1.82, 2.24) is 9.55 Å². The van der Waals surface area contributed by atoms with Crippen LogP contribution in [-0.2, 0) is 6.54 Å². The number of hydrogen-bond acceptors (Lipinski definition) is 4. The number of nitrogens with two attached hydrogens (primary N) is 1. The summed E-state index contributed by atoms with van der Waals surface area (Å²) in [7, 11) is 0. The van der Waals surface area contributed by atoms with Gasteiger partial charge in [-0.15, -0.1) is 0 Å². The van der Waals surface area contributed by atoms with Gasteiger partial charge >= 0.3 is 5.69 Å². The van der Waals surface area contributed by atoms with E-state index in [0.717, 1.165) is 25.7 Å². The quantitative estimate of drug-likeness (QED) is 0.761. The Kier molecular flexibility index (Phi) is 3.97. The molecule has 6 heteroatoms. The zero-order valence-electron chi connectivity index (χ0n) is 11.5. The third kappa shape index (κ3) is 2.67. The van der Waals surface area contributed by atoms with Crippen molar-refractivity contribution >= 4 is 11.5 Å². The number of nitrogen functional groups attached to an aromatic ring is 1. The van der Waals surface area contributed by atoms with Crippen molar-refractivity contribution < 1.29 is 0 Å². The van der Waals surface area contributed by atoms with Gasteiger partial charge in [0.15, 0.2) is 0 Å². The van der Waals surface area contributed by atoms with Gasteiger partial charge in [-0.05, 0) is 25.2 Å². The highest BCUT2D eigenvalue weighted by Gasteiger charge is 2.25. The van der Waals surface area contributed by atoms with Gasteiger partial charge in [0.05, 0.1) is 0 Å². The van der Waals surface area contributed by atoms with Crippen LogP contribution < -0.4 is 22.3 Å². The second-order valence-corrected chi connectivity index (χ2v) is 5.33. The topological polar surface area (TPSA) is 92.9 Å². The molecular weight excluding hydrogens is 244 g/mol. The van der Waals surface area contributed by atoms with Crippen LogP contribution >= 0.6 is 0 Å². The molecule has 4 N–H and O–H groups in total. The van der Waals surface area contributed by atoms with Crippen molar-refractivity contribution in [2.75, 3.05) is 11.1 Å². The van der Waals surface area contributed by atoms with Gasteiger partial charge < -0.3 is 11.1 Å². The lowest BCUT2D eigenvalue weighted by Crippen LogP contribution is -2.36. The monoisotopic (exact) mass is 266 g/mol. The second-order valence-electron chi connectivity index (χ2n) is 5.33. The summed E-state index contributed by atoms with van der Waals surface area (Å²) in [6, 6.07) is 0.260. The minimum atomic E-state index is -0.436. The molecule has 19 heavy (non-hydrogen) atoms. The molecule has 2 rings (SSSR count). The van der Waals surface area contributed by atoms with E-state index in [1.807, 2.05) is 6.92 Å². The maximum absolute atomic E-state index is 11.9. The van der Waals surface area contributed by atoms with Gasteiger partial charge in [0.2, 0.25) is 0 Å². The molecule has 1 aromatic heterocycles. The van der Waals surface area contributed by atoms with Crippen LogP contribution in [0.3, 0.4) is 0 Å². The van der Waals surface area contributed by atoms with E-state index in [2.05, 4.69) is 17.2 Å². The van der Waals surface area contributed by atoms with E-state index in [0.29, 0.717) is 18.2 Å². The first kappa shape index (κ1) is 13.7. The largest absolute Gasteiger partial charge is 0.383 e. The Morgan fingerprint density at radius 1 is 1.42 bits per heavy atom. The van der Waals surface area contributed by atoms with E-state index in [-0.39, 0.29) is 11.9 Å². The Morgan fingerprint density at radius 3 is 2.74 bits per heavy atom. The molecule has 0 spiro atoms. The molecule has 6 nitrogen and oxygen atoms in total. The number of nitrogens with zero attached hydrogens (tertiary/aromatic N) is 1. The van der Waals surface area contributed by atoms with Crippen LogP contribution in [-0.4, -0.2) is 15.6 Å². The number of nitrogens with one attached hydrogen (secondary N) is 2. The number of H-pyrrole nitrogens is 1. The molecule has 1 heterocycles. The molecule has 0 bridgehead atoms. The number of anilines is 2. The first-order valence-corrected chi connectivity index (χ1v) is 6.93. The highest BCUT2D eigenvalue weighted by Crippen LogP contribution is 2.28. The molecule has 1 aliphatic rings. The molecule has 106 valence electrons. The van der Waals surface area contributed by atoms with Crippen molar-refractivity contribution in [2.24, 2.45) is 5.92 Å². The van der Waals surface area contributed by atoms with Crippen LogP contribution in [0.5, 0.6) is 0 Å². The molecule has 0 saturated heterocycles. The minimum Gasteiger partial charge on any atom is -0.383 e. The van der Waals surface area contributed by atoms with Crippen LogP contribution in [0.4, 0.5) is 11.5 Å². The van der Waals surface area contributed by atoms with E-state index in [1.54, 1.807) is 0 Å². The van der Waals surface area contributed by atoms with Gasteiger partial charge in [-0.2, -0.15) is 0 Å². The Balaban J connectivity index is 2.36. The van der Waals surface area contributed by atoms with E-state index < -0.39 is 11.2 Å². The third-order valence-corrected chi connectivity index (χ3v) is 3.88. The smallest absolute Gasteiger partial charge is 0.330 e.